The minimum absolute atomic E-state index is 0.0284. The van der Waals surface area contributed by atoms with Gasteiger partial charge in [0.25, 0.3) is 0 Å². The molecule has 0 aromatic carbocycles. The number of hydrogen-bond acceptors (Lipinski definition) is 3. The molecule has 1 saturated heterocycles. The van der Waals surface area contributed by atoms with E-state index in [0.29, 0.717) is 0 Å². The van der Waals surface area contributed by atoms with Crippen LogP contribution in [0.5, 0.6) is 0 Å². The van der Waals surface area contributed by atoms with Crippen LogP contribution in [0.3, 0.4) is 0 Å². The van der Waals surface area contributed by atoms with E-state index in [0.717, 1.165) is 31.6 Å². The van der Waals surface area contributed by atoms with Crippen molar-refractivity contribution in [2.45, 2.75) is 38.8 Å². The fraction of sp³-hybridized carbons (Fsp3) is 0.636. The highest BCUT2D eigenvalue weighted by Gasteiger charge is 2.35. The number of carbonyl (C=O) groups excluding carboxylic acids is 1. The van der Waals surface area contributed by atoms with Gasteiger partial charge in [0.2, 0.25) is 5.91 Å². The van der Waals surface area contributed by atoms with E-state index >= 15 is 0 Å². The van der Waals surface area contributed by atoms with Gasteiger partial charge in [-0.05, 0) is 33.2 Å². The number of amides is 1. The van der Waals surface area contributed by atoms with E-state index in [1.54, 1.807) is 10.9 Å². The molecule has 5 nitrogen and oxygen atoms in total. The highest BCUT2D eigenvalue weighted by Crippen LogP contribution is 2.20. The van der Waals surface area contributed by atoms with Crippen LogP contribution >= 0.6 is 0 Å². The highest BCUT2D eigenvalue weighted by molar-refractivity contribution is 5.97. The van der Waals surface area contributed by atoms with Crippen molar-refractivity contribution in [1.82, 2.24) is 15.1 Å². The monoisotopic (exact) mass is 222 g/mol. The average Bonchev–Trinajstić information content (AvgIpc) is 2.88. The van der Waals surface area contributed by atoms with Crippen LogP contribution in [0, 0.1) is 0 Å². The SMILES string of the molecule is CCn1cc(NC(=O)C2(C)CCCN2)cn1. The summed E-state index contributed by atoms with van der Waals surface area (Å²) >= 11 is 0. The first-order chi connectivity index (χ1) is 7.64. The Morgan fingerprint density at radius 2 is 2.56 bits per heavy atom. The smallest absolute Gasteiger partial charge is 0.244 e. The van der Waals surface area contributed by atoms with Crippen LogP contribution in [0.25, 0.3) is 0 Å². The molecule has 1 aliphatic rings. The number of carbonyl (C=O) groups is 1. The first kappa shape index (κ1) is 11.1. The summed E-state index contributed by atoms with van der Waals surface area (Å²) in [5.41, 5.74) is 0.343. The van der Waals surface area contributed by atoms with Crippen molar-refractivity contribution in [2.75, 3.05) is 11.9 Å². The third-order valence-corrected chi connectivity index (χ3v) is 3.08. The van der Waals surface area contributed by atoms with Gasteiger partial charge in [0, 0.05) is 12.7 Å². The maximum Gasteiger partial charge on any atom is 0.244 e. The van der Waals surface area contributed by atoms with Gasteiger partial charge in [-0.3, -0.25) is 9.48 Å². The molecule has 1 aliphatic heterocycles. The molecule has 1 aromatic heterocycles. The summed E-state index contributed by atoms with van der Waals surface area (Å²) in [6, 6.07) is 0. The molecule has 16 heavy (non-hydrogen) atoms. The van der Waals surface area contributed by atoms with E-state index in [9.17, 15) is 4.79 Å². The van der Waals surface area contributed by atoms with Crippen molar-refractivity contribution in [3.63, 3.8) is 0 Å². The Balaban J connectivity index is 2.01. The zero-order valence-corrected chi connectivity index (χ0v) is 9.79. The van der Waals surface area contributed by atoms with E-state index in [4.69, 9.17) is 0 Å². The van der Waals surface area contributed by atoms with Crippen molar-refractivity contribution < 1.29 is 4.79 Å². The van der Waals surface area contributed by atoms with E-state index in [2.05, 4.69) is 15.7 Å². The molecular formula is C11H18N4O. The maximum absolute atomic E-state index is 12.0. The van der Waals surface area contributed by atoms with Crippen LogP contribution in [0.2, 0.25) is 0 Å². The molecule has 0 bridgehead atoms. The molecule has 5 heteroatoms. The molecule has 2 rings (SSSR count). The number of anilines is 1. The zero-order valence-electron chi connectivity index (χ0n) is 9.79. The predicted octanol–water partition coefficient (Wildman–Crippen LogP) is 0.984. The fourth-order valence-corrected chi connectivity index (χ4v) is 1.96. The van der Waals surface area contributed by atoms with Crippen LogP contribution in [0.4, 0.5) is 5.69 Å². The van der Waals surface area contributed by atoms with E-state index in [1.165, 1.54) is 0 Å². The summed E-state index contributed by atoms with van der Waals surface area (Å²) in [4.78, 5) is 12.0. The van der Waals surface area contributed by atoms with Gasteiger partial charge in [0.15, 0.2) is 0 Å². The topological polar surface area (TPSA) is 59.0 Å². The van der Waals surface area contributed by atoms with Crippen LogP contribution in [0.15, 0.2) is 12.4 Å². The molecule has 0 radical (unpaired) electrons. The molecule has 1 unspecified atom stereocenters. The van der Waals surface area contributed by atoms with Gasteiger partial charge in [-0.25, -0.2) is 0 Å². The largest absolute Gasteiger partial charge is 0.322 e. The highest BCUT2D eigenvalue weighted by atomic mass is 16.2. The van der Waals surface area contributed by atoms with Crippen LogP contribution in [-0.4, -0.2) is 27.8 Å². The fourth-order valence-electron chi connectivity index (χ4n) is 1.96. The van der Waals surface area contributed by atoms with Gasteiger partial charge in [0.1, 0.15) is 0 Å². The normalized spacial score (nSPS) is 24.6. The molecule has 1 amide bonds. The summed E-state index contributed by atoms with van der Waals surface area (Å²) in [6.07, 6.45) is 5.47. The lowest BCUT2D eigenvalue weighted by Crippen LogP contribution is -2.47. The number of aryl methyl sites for hydroxylation is 1. The Hall–Kier alpha value is -1.36. The van der Waals surface area contributed by atoms with Gasteiger partial charge in [-0.2, -0.15) is 5.10 Å². The molecule has 0 spiro atoms. The number of nitrogens with one attached hydrogen (secondary N) is 2. The zero-order chi connectivity index (χ0) is 11.6. The van der Waals surface area contributed by atoms with Gasteiger partial charge < -0.3 is 10.6 Å². The Morgan fingerprint density at radius 1 is 1.75 bits per heavy atom. The minimum atomic E-state index is -0.422. The summed E-state index contributed by atoms with van der Waals surface area (Å²) < 4.78 is 1.79. The Kier molecular flexibility index (Phi) is 2.96. The molecular weight excluding hydrogens is 204 g/mol. The number of nitrogens with zero attached hydrogens (tertiary/aromatic N) is 2. The van der Waals surface area contributed by atoms with E-state index in [-0.39, 0.29) is 5.91 Å². The van der Waals surface area contributed by atoms with Gasteiger partial charge >= 0.3 is 0 Å². The Labute approximate surface area is 95.2 Å². The molecule has 1 aromatic rings. The molecule has 88 valence electrons. The first-order valence-corrected chi connectivity index (χ1v) is 5.73. The van der Waals surface area contributed by atoms with Crippen molar-refractivity contribution >= 4 is 11.6 Å². The second-order valence-electron chi connectivity index (χ2n) is 4.40. The number of hydrogen-bond donors (Lipinski definition) is 2. The summed E-state index contributed by atoms with van der Waals surface area (Å²) in [5, 5.41) is 10.2. The predicted molar refractivity (Wildman–Crippen MR) is 62.2 cm³/mol. The van der Waals surface area contributed by atoms with Crippen LogP contribution < -0.4 is 10.6 Å². The second kappa shape index (κ2) is 4.25. The van der Waals surface area contributed by atoms with Gasteiger partial charge in [-0.15, -0.1) is 0 Å². The van der Waals surface area contributed by atoms with Crippen molar-refractivity contribution in [3.05, 3.63) is 12.4 Å². The van der Waals surface area contributed by atoms with Gasteiger partial charge in [-0.1, -0.05) is 0 Å². The molecule has 1 atom stereocenters. The Bertz CT molecular complexity index is 379. The molecule has 0 saturated carbocycles. The quantitative estimate of drug-likeness (QED) is 0.801. The summed E-state index contributed by atoms with van der Waals surface area (Å²) in [6.45, 7) is 5.68. The second-order valence-corrected chi connectivity index (χ2v) is 4.40. The van der Waals surface area contributed by atoms with E-state index < -0.39 is 5.54 Å². The summed E-state index contributed by atoms with van der Waals surface area (Å²) in [5.74, 6) is 0.0284. The first-order valence-electron chi connectivity index (χ1n) is 5.73. The third-order valence-electron chi connectivity index (χ3n) is 3.08. The number of rotatable bonds is 3. The molecule has 2 N–H and O–H groups in total. The summed E-state index contributed by atoms with van der Waals surface area (Å²) in [7, 11) is 0. The van der Waals surface area contributed by atoms with Crippen LogP contribution in [-0.2, 0) is 11.3 Å². The standard InChI is InChI=1S/C11H18N4O/c1-3-15-8-9(7-13-15)14-10(16)11(2)5-4-6-12-11/h7-8,12H,3-6H2,1-2H3,(H,14,16). The molecule has 1 fully saturated rings. The lowest BCUT2D eigenvalue weighted by molar-refractivity contribution is -0.121. The average molecular weight is 222 g/mol. The number of aromatic nitrogens is 2. The van der Waals surface area contributed by atoms with Crippen LogP contribution in [0.1, 0.15) is 26.7 Å². The van der Waals surface area contributed by atoms with Gasteiger partial charge in [0.05, 0.1) is 17.4 Å². The van der Waals surface area contributed by atoms with Crippen molar-refractivity contribution in [1.29, 1.82) is 0 Å². The third kappa shape index (κ3) is 2.09. The molecule has 0 aliphatic carbocycles. The lowest BCUT2D eigenvalue weighted by Gasteiger charge is -2.22. The van der Waals surface area contributed by atoms with E-state index in [1.807, 2.05) is 20.0 Å². The van der Waals surface area contributed by atoms with Crippen molar-refractivity contribution in [2.24, 2.45) is 0 Å². The lowest BCUT2D eigenvalue weighted by atomic mass is 9.99. The van der Waals surface area contributed by atoms with Crippen molar-refractivity contribution in [3.8, 4) is 0 Å². The minimum Gasteiger partial charge on any atom is -0.322 e. The molecule has 2 heterocycles. The Morgan fingerprint density at radius 3 is 3.12 bits per heavy atom. The maximum atomic E-state index is 12.0.